The molecule has 0 radical (unpaired) electrons. The van der Waals surface area contributed by atoms with E-state index in [0.717, 1.165) is 18.3 Å². The van der Waals surface area contributed by atoms with Crippen LogP contribution in [0.3, 0.4) is 0 Å². The summed E-state index contributed by atoms with van der Waals surface area (Å²) in [6.07, 6.45) is 11.1. The van der Waals surface area contributed by atoms with Crippen LogP contribution in [0.4, 0.5) is 0 Å². The highest BCUT2D eigenvalue weighted by atomic mass is 16.3. The number of aliphatic hydroxyl groups is 1. The molecule has 2 nitrogen and oxygen atoms in total. The van der Waals surface area contributed by atoms with Crippen molar-refractivity contribution >= 4 is 0 Å². The Morgan fingerprint density at radius 3 is 2.56 bits per heavy atom. The van der Waals surface area contributed by atoms with Gasteiger partial charge < -0.3 is 10.4 Å². The second kappa shape index (κ2) is 5.83. The van der Waals surface area contributed by atoms with Crippen molar-refractivity contribution in [2.24, 2.45) is 17.8 Å². The van der Waals surface area contributed by atoms with E-state index in [2.05, 4.69) is 24.4 Å². The van der Waals surface area contributed by atoms with Crippen molar-refractivity contribution in [1.82, 2.24) is 5.32 Å². The summed E-state index contributed by atoms with van der Waals surface area (Å²) in [6, 6.07) is 0.511. The van der Waals surface area contributed by atoms with Crippen molar-refractivity contribution in [3.8, 4) is 0 Å². The molecular weight excluding hydrogens is 198 g/mol. The second-order valence-corrected chi connectivity index (χ2v) is 5.70. The van der Waals surface area contributed by atoms with Gasteiger partial charge in [-0.25, -0.2) is 0 Å². The van der Waals surface area contributed by atoms with Gasteiger partial charge in [-0.05, 0) is 37.6 Å². The summed E-state index contributed by atoms with van der Waals surface area (Å²) in [4.78, 5) is 0. The van der Waals surface area contributed by atoms with Crippen molar-refractivity contribution in [3.63, 3.8) is 0 Å². The smallest absolute Gasteiger partial charge is 0.0494 e. The molecule has 0 unspecified atom stereocenters. The highest BCUT2D eigenvalue weighted by Gasteiger charge is 2.21. The third kappa shape index (κ3) is 3.33. The van der Waals surface area contributed by atoms with Crippen LogP contribution in [-0.2, 0) is 0 Å². The zero-order valence-corrected chi connectivity index (χ0v) is 10.4. The number of hydrogen-bond acceptors (Lipinski definition) is 2. The first-order chi connectivity index (χ1) is 7.78. The summed E-state index contributed by atoms with van der Waals surface area (Å²) in [7, 11) is 0. The number of hydrogen-bond donors (Lipinski definition) is 2. The summed E-state index contributed by atoms with van der Waals surface area (Å²) in [5.41, 5.74) is 0. The first kappa shape index (κ1) is 12.1. The summed E-state index contributed by atoms with van der Waals surface area (Å²) < 4.78 is 0. The Bertz CT molecular complexity index is 231. The predicted molar refractivity (Wildman–Crippen MR) is 67.2 cm³/mol. The van der Waals surface area contributed by atoms with Crippen LogP contribution in [0.1, 0.15) is 39.0 Å². The van der Waals surface area contributed by atoms with E-state index in [4.69, 9.17) is 5.11 Å². The van der Waals surface area contributed by atoms with E-state index < -0.39 is 0 Å². The minimum absolute atomic E-state index is 0.301. The fraction of sp³-hybridized carbons (Fsp3) is 0.857. The van der Waals surface area contributed by atoms with Crippen LogP contribution < -0.4 is 5.32 Å². The summed E-state index contributed by atoms with van der Waals surface area (Å²) in [6.45, 7) is 3.84. The maximum atomic E-state index is 9.05. The fourth-order valence-corrected chi connectivity index (χ4v) is 2.91. The van der Waals surface area contributed by atoms with E-state index in [9.17, 15) is 0 Å². The summed E-state index contributed by atoms with van der Waals surface area (Å²) >= 11 is 0. The molecule has 0 aromatic carbocycles. The molecule has 16 heavy (non-hydrogen) atoms. The maximum Gasteiger partial charge on any atom is 0.0494 e. The highest BCUT2D eigenvalue weighted by Crippen LogP contribution is 2.28. The minimum Gasteiger partial charge on any atom is -0.396 e. The molecule has 0 aliphatic heterocycles. The van der Waals surface area contributed by atoms with Crippen LogP contribution >= 0.6 is 0 Å². The first-order valence-corrected chi connectivity index (χ1v) is 6.80. The zero-order valence-electron chi connectivity index (χ0n) is 10.4. The molecule has 0 aromatic heterocycles. The molecule has 0 bridgehead atoms. The zero-order chi connectivity index (χ0) is 11.4. The average Bonchev–Trinajstić information content (AvgIpc) is 2.76. The maximum absolute atomic E-state index is 9.05. The van der Waals surface area contributed by atoms with Crippen LogP contribution in [0.2, 0.25) is 0 Å². The standard InChI is InChI=1S/C14H25NO/c1-11-2-4-12(5-3-11)9-15-14-7-6-13(8-14)10-16/h6-7,11-16H,2-5,8-10H2,1H3/t11?,12?,13-,14+/m0/s1. The molecule has 2 rings (SSSR count). The second-order valence-electron chi connectivity index (χ2n) is 5.70. The van der Waals surface area contributed by atoms with Crippen molar-refractivity contribution in [2.75, 3.05) is 13.2 Å². The van der Waals surface area contributed by atoms with Gasteiger partial charge in [0.2, 0.25) is 0 Å². The van der Waals surface area contributed by atoms with Crippen molar-refractivity contribution < 1.29 is 5.11 Å². The molecule has 2 atom stereocenters. The van der Waals surface area contributed by atoms with Crippen molar-refractivity contribution in [1.29, 1.82) is 0 Å². The first-order valence-electron chi connectivity index (χ1n) is 6.80. The van der Waals surface area contributed by atoms with Gasteiger partial charge >= 0.3 is 0 Å². The third-order valence-corrected chi connectivity index (χ3v) is 4.21. The van der Waals surface area contributed by atoms with Crippen LogP contribution in [0.5, 0.6) is 0 Å². The van der Waals surface area contributed by atoms with Gasteiger partial charge in [0.1, 0.15) is 0 Å². The van der Waals surface area contributed by atoms with E-state index >= 15 is 0 Å². The summed E-state index contributed by atoms with van der Waals surface area (Å²) in [5, 5.41) is 12.7. The molecule has 0 heterocycles. The molecule has 0 spiro atoms. The van der Waals surface area contributed by atoms with Crippen LogP contribution in [0, 0.1) is 17.8 Å². The van der Waals surface area contributed by atoms with Gasteiger partial charge in [-0.15, -0.1) is 0 Å². The quantitative estimate of drug-likeness (QED) is 0.717. The molecule has 0 amide bonds. The van der Waals surface area contributed by atoms with Gasteiger partial charge in [0.05, 0.1) is 0 Å². The largest absolute Gasteiger partial charge is 0.396 e. The Morgan fingerprint density at radius 2 is 1.94 bits per heavy atom. The molecule has 2 aliphatic rings. The monoisotopic (exact) mass is 223 g/mol. The Balaban J connectivity index is 1.63. The molecule has 92 valence electrons. The molecule has 2 aliphatic carbocycles. The fourth-order valence-electron chi connectivity index (χ4n) is 2.91. The Kier molecular flexibility index (Phi) is 4.42. The lowest BCUT2D eigenvalue weighted by Crippen LogP contribution is -2.33. The Morgan fingerprint density at radius 1 is 1.19 bits per heavy atom. The van der Waals surface area contributed by atoms with Gasteiger partial charge in [0.15, 0.2) is 0 Å². The van der Waals surface area contributed by atoms with Crippen molar-refractivity contribution in [3.05, 3.63) is 12.2 Å². The van der Waals surface area contributed by atoms with E-state index in [1.165, 1.54) is 32.2 Å². The lowest BCUT2D eigenvalue weighted by atomic mass is 9.83. The lowest BCUT2D eigenvalue weighted by molar-refractivity contribution is 0.241. The third-order valence-electron chi connectivity index (χ3n) is 4.21. The van der Waals surface area contributed by atoms with E-state index in [-0.39, 0.29) is 0 Å². The molecule has 0 aromatic rings. The average molecular weight is 223 g/mol. The number of rotatable bonds is 4. The van der Waals surface area contributed by atoms with Crippen molar-refractivity contribution in [2.45, 2.75) is 45.1 Å². The Hall–Kier alpha value is -0.340. The van der Waals surface area contributed by atoms with Crippen LogP contribution in [-0.4, -0.2) is 24.3 Å². The SMILES string of the molecule is CC1CCC(CN[C@@H]2C=C[C@H](CO)C2)CC1. The molecule has 1 saturated carbocycles. The van der Waals surface area contributed by atoms with Gasteiger partial charge in [-0.1, -0.05) is 31.9 Å². The molecule has 0 saturated heterocycles. The van der Waals surface area contributed by atoms with Gasteiger partial charge in [0, 0.05) is 18.6 Å². The Labute approximate surface area is 99.1 Å². The highest BCUT2D eigenvalue weighted by molar-refractivity contribution is 5.05. The topological polar surface area (TPSA) is 32.3 Å². The van der Waals surface area contributed by atoms with Crippen LogP contribution in [0.25, 0.3) is 0 Å². The molecule has 1 fully saturated rings. The van der Waals surface area contributed by atoms with E-state index in [0.29, 0.717) is 18.6 Å². The minimum atomic E-state index is 0.301. The van der Waals surface area contributed by atoms with Gasteiger partial charge in [-0.3, -0.25) is 0 Å². The predicted octanol–water partition coefficient (Wildman–Crippen LogP) is 2.34. The molecule has 2 heteroatoms. The molecular formula is C14H25NO. The number of aliphatic hydroxyl groups excluding tert-OH is 1. The number of nitrogens with one attached hydrogen (secondary N) is 1. The van der Waals surface area contributed by atoms with Crippen LogP contribution in [0.15, 0.2) is 12.2 Å². The van der Waals surface area contributed by atoms with E-state index in [1.54, 1.807) is 0 Å². The van der Waals surface area contributed by atoms with Gasteiger partial charge in [-0.2, -0.15) is 0 Å². The molecule has 2 N–H and O–H groups in total. The lowest BCUT2D eigenvalue weighted by Gasteiger charge is -2.27. The normalized spacial score (nSPS) is 39.1. The van der Waals surface area contributed by atoms with Gasteiger partial charge in [0.25, 0.3) is 0 Å². The van der Waals surface area contributed by atoms with E-state index in [1.807, 2.05) is 0 Å². The summed E-state index contributed by atoms with van der Waals surface area (Å²) in [5.74, 6) is 2.23.